The van der Waals surface area contributed by atoms with Gasteiger partial charge in [0.1, 0.15) is 0 Å². The monoisotopic (exact) mass is 253 g/mol. The van der Waals surface area contributed by atoms with Crippen LogP contribution >= 0.6 is 0 Å². The molecule has 2 rings (SSSR count). The van der Waals surface area contributed by atoms with Crippen molar-refractivity contribution < 1.29 is 23.1 Å². The summed E-state index contributed by atoms with van der Waals surface area (Å²) >= 11 is 0. The van der Waals surface area contributed by atoms with Gasteiger partial charge in [0.25, 0.3) is 0 Å². The van der Waals surface area contributed by atoms with Crippen molar-refractivity contribution in [3.63, 3.8) is 0 Å². The normalized spacial score (nSPS) is 10.3. The molecule has 1 heterocycles. The van der Waals surface area contributed by atoms with Crippen LogP contribution in [-0.4, -0.2) is 11.1 Å². The van der Waals surface area contributed by atoms with Crippen LogP contribution in [0.25, 0.3) is 0 Å². The first-order valence-electron chi connectivity index (χ1n) is 5.07. The number of furan rings is 1. The Kier molecular flexibility index (Phi) is 3.27. The van der Waals surface area contributed by atoms with Gasteiger partial charge in [0.15, 0.2) is 17.5 Å². The van der Waals surface area contributed by atoms with Gasteiger partial charge in [0.05, 0.1) is 0 Å². The van der Waals surface area contributed by atoms with Crippen LogP contribution in [0.2, 0.25) is 0 Å². The van der Waals surface area contributed by atoms with Crippen molar-refractivity contribution >= 4 is 11.9 Å². The van der Waals surface area contributed by atoms with Gasteiger partial charge >= 0.3 is 5.97 Å². The molecule has 2 aromatic rings. The maximum Gasteiger partial charge on any atom is 0.371 e. The van der Waals surface area contributed by atoms with Gasteiger partial charge in [-0.15, -0.1) is 0 Å². The molecular formula is C12H9F2NO3. The smallest absolute Gasteiger partial charge is 0.371 e. The third-order valence-electron chi connectivity index (χ3n) is 2.27. The van der Waals surface area contributed by atoms with E-state index < -0.39 is 17.6 Å². The Labute approximate surface area is 101 Å². The maximum absolute atomic E-state index is 12.9. The Balaban J connectivity index is 2.02. The number of anilines is 1. The zero-order chi connectivity index (χ0) is 13.1. The summed E-state index contributed by atoms with van der Waals surface area (Å²) in [6.45, 7) is 0.198. The van der Waals surface area contributed by atoms with E-state index in [2.05, 4.69) is 5.32 Å². The van der Waals surface area contributed by atoms with Crippen molar-refractivity contribution in [3.8, 4) is 0 Å². The van der Waals surface area contributed by atoms with E-state index in [1.807, 2.05) is 0 Å². The summed E-state index contributed by atoms with van der Waals surface area (Å²) in [5.74, 6) is -2.96. The van der Waals surface area contributed by atoms with Crippen LogP contribution in [0.5, 0.6) is 0 Å². The van der Waals surface area contributed by atoms with Crippen molar-refractivity contribution in [1.82, 2.24) is 0 Å². The average Bonchev–Trinajstić information content (AvgIpc) is 2.79. The highest BCUT2D eigenvalue weighted by atomic mass is 19.2. The zero-order valence-corrected chi connectivity index (χ0v) is 9.11. The minimum atomic E-state index is -1.17. The summed E-state index contributed by atoms with van der Waals surface area (Å²) in [7, 11) is 0. The molecule has 18 heavy (non-hydrogen) atoms. The number of hydrogen-bond donors (Lipinski definition) is 2. The number of rotatable bonds is 4. The van der Waals surface area contributed by atoms with Crippen molar-refractivity contribution in [2.24, 2.45) is 0 Å². The molecule has 2 N–H and O–H groups in total. The lowest BCUT2D eigenvalue weighted by molar-refractivity contribution is 0.0663. The molecule has 94 valence electrons. The number of carboxylic acid groups (broad SMARTS) is 1. The molecule has 0 saturated heterocycles. The van der Waals surface area contributed by atoms with E-state index in [1.54, 1.807) is 0 Å². The van der Waals surface area contributed by atoms with Crippen molar-refractivity contribution in [3.05, 3.63) is 53.3 Å². The summed E-state index contributed by atoms with van der Waals surface area (Å²) in [5.41, 5.74) is 0.516. The Morgan fingerprint density at radius 1 is 1.22 bits per heavy atom. The number of carbonyl (C=O) groups is 1. The van der Waals surface area contributed by atoms with Crippen molar-refractivity contribution in [2.75, 3.05) is 5.32 Å². The van der Waals surface area contributed by atoms with Gasteiger partial charge in [-0.1, -0.05) is 6.07 Å². The molecule has 0 amide bonds. The summed E-state index contributed by atoms with van der Waals surface area (Å²) in [4.78, 5) is 10.6. The summed E-state index contributed by atoms with van der Waals surface area (Å²) < 4.78 is 30.5. The molecule has 0 aliphatic rings. The van der Waals surface area contributed by atoms with Crippen LogP contribution in [-0.2, 0) is 6.54 Å². The highest BCUT2D eigenvalue weighted by Crippen LogP contribution is 2.15. The molecule has 0 bridgehead atoms. The first kappa shape index (κ1) is 12.1. The molecule has 1 aromatic heterocycles. The quantitative estimate of drug-likeness (QED) is 0.879. The van der Waals surface area contributed by atoms with Gasteiger partial charge in [-0.2, -0.15) is 0 Å². The molecule has 0 radical (unpaired) electrons. The minimum absolute atomic E-state index is 0.192. The number of nitrogens with one attached hydrogen (secondary N) is 1. The molecule has 0 saturated carbocycles. The number of halogens is 2. The van der Waals surface area contributed by atoms with Crippen LogP contribution in [0.1, 0.15) is 16.1 Å². The maximum atomic E-state index is 12.9. The fraction of sp³-hybridized carbons (Fsp3) is 0.0833. The van der Waals surface area contributed by atoms with E-state index in [0.29, 0.717) is 5.56 Å². The van der Waals surface area contributed by atoms with Gasteiger partial charge in [0, 0.05) is 12.6 Å². The Bertz CT molecular complexity index is 580. The van der Waals surface area contributed by atoms with Crippen LogP contribution in [0.15, 0.2) is 34.7 Å². The van der Waals surface area contributed by atoms with Crippen LogP contribution in [0.4, 0.5) is 14.7 Å². The lowest BCUT2D eigenvalue weighted by atomic mass is 10.2. The van der Waals surface area contributed by atoms with Crippen molar-refractivity contribution in [2.45, 2.75) is 6.54 Å². The third-order valence-corrected chi connectivity index (χ3v) is 2.27. The van der Waals surface area contributed by atoms with E-state index in [4.69, 9.17) is 9.52 Å². The molecule has 0 atom stereocenters. The fourth-order valence-electron chi connectivity index (χ4n) is 1.39. The Hall–Kier alpha value is -2.37. The highest BCUT2D eigenvalue weighted by Gasteiger charge is 2.08. The topological polar surface area (TPSA) is 62.5 Å². The first-order valence-corrected chi connectivity index (χ1v) is 5.07. The van der Waals surface area contributed by atoms with Gasteiger partial charge in [0.2, 0.25) is 5.76 Å². The number of carboxylic acids is 1. The lowest BCUT2D eigenvalue weighted by Gasteiger charge is -2.03. The van der Waals surface area contributed by atoms with Crippen LogP contribution in [0, 0.1) is 11.6 Å². The third kappa shape index (κ3) is 2.65. The largest absolute Gasteiger partial charge is 0.475 e. The molecule has 6 heteroatoms. The molecule has 0 aliphatic heterocycles. The van der Waals surface area contributed by atoms with Gasteiger partial charge in [-0.25, -0.2) is 13.6 Å². The van der Waals surface area contributed by atoms with Crippen LogP contribution in [0.3, 0.4) is 0 Å². The van der Waals surface area contributed by atoms with E-state index in [-0.39, 0.29) is 18.2 Å². The predicted molar refractivity (Wildman–Crippen MR) is 59.4 cm³/mol. The molecule has 0 fully saturated rings. The molecule has 0 spiro atoms. The number of hydrogen-bond acceptors (Lipinski definition) is 3. The van der Waals surface area contributed by atoms with Gasteiger partial charge in [-0.05, 0) is 23.8 Å². The predicted octanol–water partition coefficient (Wildman–Crippen LogP) is 2.87. The minimum Gasteiger partial charge on any atom is -0.475 e. The number of aromatic carboxylic acids is 1. The fourth-order valence-corrected chi connectivity index (χ4v) is 1.39. The number of benzene rings is 1. The second kappa shape index (κ2) is 4.87. The van der Waals surface area contributed by atoms with E-state index >= 15 is 0 Å². The standard InChI is InChI=1S/C12H9F2NO3/c13-8-2-1-7(5-9(8)14)6-15-11-4-3-10(18-11)12(16)17/h1-5,15H,6H2,(H,16,17). The van der Waals surface area contributed by atoms with E-state index in [0.717, 1.165) is 12.1 Å². The second-order valence-electron chi connectivity index (χ2n) is 3.57. The molecule has 0 unspecified atom stereocenters. The molecule has 4 nitrogen and oxygen atoms in total. The van der Waals surface area contributed by atoms with Crippen LogP contribution < -0.4 is 5.32 Å². The van der Waals surface area contributed by atoms with E-state index in [1.165, 1.54) is 18.2 Å². The SMILES string of the molecule is O=C(O)c1ccc(NCc2ccc(F)c(F)c2)o1. The summed E-state index contributed by atoms with van der Waals surface area (Å²) in [5, 5.41) is 11.4. The van der Waals surface area contributed by atoms with Gasteiger partial charge < -0.3 is 14.8 Å². The van der Waals surface area contributed by atoms with Crippen molar-refractivity contribution in [1.29, 1.82) is 0 Å². The zero-order valence-electron chi connectivity index (χ0n) is 9.11. The molecule has 0 aliphatic carbocycles. The summed E-state index contributed by atoms with van der Waals surface area (Å²) in [6.07, 6.45) is 0. The van der Waals surface area contributed by atoms with Gasteiger partial charge in [-0.3, -0.25) is 0 Å². The Morgan fingerprint density at radius 2 is 2.00 bits per heavy atom. The molecular weight excluding hydrogens is 244 g/mol. The second-order valence-corrected chi connectivity index (χ2v) is 3.57. The average molecular weight is 253 g/mol. The Morgan fingerprint density at radius 3 is 2.61 bits per heavy atom. The lowest BCUT2D eigenvalue weighted by Crippen LogP contribution is -1.99. The highest BCUT2D eigenvalue weighted by molar-refractivity contribution is 5.84. The van der Waals surface area contributed by atoms with E-state index in [9.17, 15) is 13.6 Å². The molecule has 1 aromatic carbocycles. The first-order chi connectivity index (χ1) is 8.56. The summed E-state index contributed by atoms with van der Waals surface area (Å²) in [6, 6.07) is 6.26.